The van der Waals surface area contributed by atoms with E-state index in [9.17, 15) is 9.59 Å². The Hall–Kier alpha value is -1.26. The van der Waals surface area contributed by atoms with Crippen LogP contribution in [0.3, 0.4) is 0 Å². The summed E-state index contributed by atoms with van der Waals surface area (Å²) in [6, 6.07) is -1.51. The summed E-state index contributed by atoms with van der Waals surface area (Å²) in [5.74, 6) is 0. The van der Waals surface area contributed by atoms with Crippen LogP contribution in [0.5, 0.6) is 0 Å². The van der Waals surface area contributed by atoms with Crippen LogP contribution in [0.15, 0.2) is 0 Å². The molecule has 0 aromatic heterocycles. The quantitative estimate of drug-likeness (QED) is 0.418. The smallest absolute Gasteiger partial charge is 0.322 e. The Morgan fingerprint density at radius 2 is 0.913 bits per heavy atom. The van der Waals surface area contributed by atoms with Crippen molar-refractivity contribution in [1.82, 2.24) is 4.90 Å². The first-order chi connectivity index (χ1) is 11.1. The Morgan fingerprint density at radius 1 is 0.609 bits per heavy atom. The van der Waals surface area contributed by atoms with Gasteiger partial charge in [0.2, 0.25) is 0 Å². The maximum Gasteiger partial charge on any atom is 0.322 e. The molecule has 0 radical (unpaired) electrons. The fourth-order valence-electron chi connectivity index (χ4n) is 2.79. The van der Waals surface area contributed by atoms with Crippen LogP contribution in [-0.2, 0) is 0 Å². The van der Waals surface area contributed by atoms with E-state index in [0.29, 0.717) is 6.54 Å². The van der Waals surface area contributed by atoms with Crippen molar-refractivity contribution in [1.29, 1.82) is 0 Å². The average Bonchev–Trinajstić information content (AvgIpc) is 2.50. The molecule has 136 valence electrons. The van der Waals surface area contributed by atoms with Crippen LogP contribution in [0.2, 0.25) is 0 Å². The molecule has 4 amide bonds. The number of hydrogen-bond acceptors (Lipinski definition) is 2. The van der Waals surface area contributed by atoms with Gasteiger partial charge in [-0.05, 0) is 6.42 Å². The first-order valence-corrected chi connectivity index (χ1v) is 9.46. The number of urea groups is 2. The van der Waals surface area contributed by atoms with Crippen LogP contribution in [0.1, 0.15) is 96.8 Å². The van der Waals surface area contributed by atoms with Gasteiger partial charge in [-0.3, -0.25) is 0 Å². The second-order valence-electron chi connectivity index (χ2n) is 6.42. The second-order valence-corrected chi connectivity index (χ2v) is 6.42. The predicted octanol–water partition coefficient (Wildman–Crippen LogP) is 4.93. The molecule has 0 spiro atoms. The van der Waals surface area contributed by atoms with E-state index in [1.165, 1.54) is 70.6 Å². The summed E-state index contributed by atoms with van der Waals surface area (Å²) in [5, 5.41) is 0. The Morgan fingerprint density at radius 3 is 1.22 bits per heavy atom. The molecular weight excluding hydrogens is 290 g/mol. The van der Waals surface area contributed by atoms with Crippen LogP contribution in [0, 0.1) is 0 Å². The third-order valence-electron chi connectivity index (χ3n) is 4.27. The molecule has 23 heavy (non-hydrogen) atoms. The minimum Gasteiger partial charge on any atom is -0.351 e. The molecule has 0 unspecified atom stereocenters. The van der Waals surface area contributed by atoms with E-state index in [0.717, 1.165) is 24.2 Å². The highest BCUT2D eigenvalue weighted by Crippen LogP contribution is 2.13. The first-order valence-electron chi connectivity index (χ1n) is 9.46. The number of hydrogen-bond donors (Lipinski definition) is 2. The van der Waals surface area contributed by atoms with Gasteiger partial charge in [0.15, 0.2) is 0 Å². The number of nitrogens with two attached hydrogens (primary N) is 2. The topological polar surface area (TPSA) is 89.4 Å². The van der Waals surface area contributed by atoms with Crippen molar-refractivity contribution in [2.75, 3.05) is 6.54 Å². The average molecular weight is 328 g/mol. The lowest BCUT2D eigenvalue weighted by atomic mass is 10.0. The van der Waals surface area contributed by atoms with Crippen molar-refractivity contribution >= 4 is 12.1 Å². The van der Waals surface area contributed by atoms with Gasteiger partial charge in [-0.25, -0.2) is 14.5 Å². The molecule has 4 N–H and O–H groups in total. The van der Waals surface area contributed by atoms with Crippen molar-refractivity contribution in [3.05, 3.63) is 0 Å². The molecular formula is C18H37N3O2. The number of carbonyl (C=O) groups excluding carboxylic acids is 2. The zero-order chi connectivity index (χ0) is 17.3. The van der Waals surface area contributed by atoms with Crippen molar-refractivity contribution in [2.24, 2.45) is 11.5 Å². The Kier molecular flexibility index (Phi) is 14.8. The van der Waals surface area contributed by atoms with Crippen molar-refractivity contribution in [3.63, 3.8) is 0 Å². The zero-order valence-electron chi connectivity index (χ0n) is 15.0. The predicted molar refractivity (Wildman–Crippen MR) is 96.2 cm³/mol. The molecule has 0 heterocycles. The van der Waals surface area contributed by atoms with Gasteiger partial charge >= 0.3 is 12.1 Å². The molecule has 0 atom stereocenters. The van der Waals surface area contributed by atoms with Gasteiger partial charge in [0.1, 0.15) is 0 Å². The highest BCUT2D eigenvalue weighted by molar-refractivity contribution is 5.91. The fourth-order valence-corrected chi connectivity index (χ4v) is 2.79. The van der Waals surface area contributed by atoms with Crippen molar-refractivity contribution in [3.8, 4) is 0 Å². The van der Waals surface area contributed by atoms with Gasteiger partial charge in [-0.15, -0.1) is 0 Å². The van der Waals surface area contributed by atoms with E-state index in [-0.39, 0.29) is 0 Å². The molecule has 0 bridgehead atoms. The molecule has 0 aliphatic carbocycles. The number of unbranched alkanes of at least 4 members (excludes halogenated alkanes) is 13. The molecule has 5 nitrogen and oxygen atoms in total. The monoisotopic (exact) mass is 327 g/mol. The maximum atomic E-state index is 11.0. The second kappa shape index (κ2) is 15.6. The SMILES string of the molecule is CCCCCCCCCCCCCCCCN(C(N)=O)C(N)=O. The minimum atomic E-state index is -0.757. The summed E-state index contributed by atoms with van der Waals surface area (Å²) in [5.41, 5.74) is 10.2. The molecule has 0 rings (SSSR count). The van der Waals surface area contributed by atoms with E-state index in [4.69, 9.17) is 11.5 Å². The minimum absolute atomic E-state index is 0.336. The van der Waals surface area contributed by atoms with E-state index >= 15 is 0 Å². The van der Waals surface area contributed by atoms with Gasteiger partial charge in [0, 0.05) is 6.54 Å². The number of primary amides is 2. The van der Waals surface area contributed by atoms with Crippen molar-refractivity contribution < 1.29 is 9.59 Å². The van der Waals surface area contributed by atoms with Gasteiger partial charge in [0.25, 0.3) is 0 Å². The van der Waals surface area contributed by atoms with Crippen LogP contribution < -0.4 is 11.5 Å². The zero-order valence-corrected chi connectivity index (χ0v) is 15.0. The Bertz CT molecular complexity index is 295. The number of carbonyl (C=O) groups is 2. The van der Waals surface area contributed by atoms with E-state index in [1.54, 1.807) is 0 Å². The number of imide groups is 1. The fraction of sp³-hybridized carbons (Fsp3) is 0.889. The number of rotatable bonds is 15. The molecule has 5 heteroatoms. The summed E-state index contributed by atoms with van der Waals surface area (Å²) in [6.45, 7) is 2.59. The van der Waals surface area contributed by atoms with Gasteiger partial charge in [0.05, 0.1) is 0 Å². The third kappa shape index (κ3) is 14.1. The molecule has 0 saturated heterocycles. The number of nitrogens with zero attached hydrogens (tertiary/aromatic N) is 1. The van der Waals surface area contributed by atoms with Gasteiger partial charge in [-0.2, -0.15) is 0 Å². The van der Waals surface area contributed by atoms with E-state index < -0.39 is 12.1 Å². The molecule has 0 aliphatic heterocycles. The normalized spacial score (nSPS) is 10.7. The molecule has 0 aliphatic rings. The van der Waals surface area contributed by atoms with Crippen LogP contribution in [0.25, 0.3) is 0 Å². The first kappa shape index (κ1) is 21.7. The van der Waals surface area contributed by atoms with Gasteiger partial charge in [-0.1, -0.05) is 90.4 Å². The summed E-state index contributed by atoms with van der Waals surface area (Å²) in [6.07, 6.45) is 17.8. The molecule has 0 aromatic carbocycles. The standard InChI is InChI=1S/C18H37N3O2/c1-2-3-4-5-6-7-8-9-10-11-12-13-14-15-16-21(17(19)22)18(20)23/h2-16H2,1H3,(H2,19,22)(H2,20,23). The third-order valence-corrected chi connectivity index (χ3v) is 4.27. The largest absolute Gasteiger partial charge is 0.351 e. The van der Waals surface area contributed by atoms with Crippen LogP contribution >= 0.6 is 0 Å². The lowest BCUT2D eigenvalue weighted by Gasteiger charge is -2.15. The molecule has 0 aromatic rings. The Balaban J connectivity index is 3.24. The van der Waals surface area contributed by atoms with E-state index in [2.05, 4.69) is 6.92 Å². The molecule has 0 saturated carbocycles. The lowest BCUT2D eigenvalue weighted by Crippen LogP contribution is -2.44. The highest BCUT2D eigenvalue weighted by atomic mass is 16.2. The maximum absolute atomic E-state index is 11.0. The van der Waals surface area contributed by atoms with E-state index in [1.807, 2.05) is 0 Å². The highest BCUT2D eigenvalue weighted by Gasteiger charge is 2.14. The summed E-state index contributed by atoms with van der Waals surface area (Å²) in [4.78, 5) is 22.8. The van der Waals surface area contributed by atoms with Crippen LogP contribution in [0.4, 0.5) is 9.59 Å². The summed E-state index contributed by atoms with van der Waals surface area (Å²) >= 11 is 0. The summed E-state index contributed by atoms with van der Waals surface area (Å²) < 4.78 is 0. The number of amides is 4. The van der Waals surface area contributed by atoms with Crippen molar-refractivity contribution in [2.45, 2.75) is 96.8 Å². The molecule has 0 fully saturated rings. The summed E-state index contributed by atoms with van der Waals surface area (Å²) in [7, 11) is 0. The Labute approximate surface area is 142 Å². The van der Waals surface area contributed by atoms with Crippen LogP contribution in [-0.4, -0.2) is 23.5 Å². The van der Waals surface area contributed by atoms with Gasteiger partial charge < -0.3 is 11.5 Å². The lowest BCUT2D eigenvalue weighted by molar-refractivity contribution is 0.196.